The van der Waals surface area contributed by atoms with Crippen LogP contribution in [0.1, 0.15) is 5.56 Å². The van der Waals surface area contributed by atoms with E-state index in [0.29, 0.717) is 11.3 Å². The maximum absolute atomic E-state index is 11.4. The minimum Gasteiger partial charge on any atom is -0.480 e. The van der Waals surface area contributed by atoms with E-state index in [1.54, 1.807) is 24.3 Å². The Labute approximate surface area is 131 Å². The van der Waals surface area contributed by atoms with Crippen molar-refractivity contribution in [1.82, 2.24) is 5.32 Å². The summed E-state index contributed by atoms with van der Waals surface area (Å²) in [5.41, 5.74) is 9.32. The highest BCUT2D eigenvalue weighted by Crippen LogP contribution is 2.11. The van der Waals surface area contributed by atoms with Crippen molar-refractivity contribution in [1.29, 1.82) is 0 Å². The Morgan fingerprint density at radius 1 is 1.35 bits per heavy atom. The number of amides is 2. The summed E-state index contributed by atoms with van der Waals surface area (Å²) in [4.78, 5) is 36.2. The number of carboxylic acid groups (broad SMARTS) is 1. The Kier molecular flexibility index (Phi) is 6.83. The molecule has 23 heavy (non-hydrogen) atoms. The average molecular weight is 317 g/mol. The van der Waals surface area contributed by atoms with Crippen molar-refractivity contribution >= 4 is 23.5 Å². The summed E-state index contributed by atoms with van der Waals surface area (Å²) < 4.78 is 0. The van der Waals surface area contributed by atoms with Gasteiger partial charge in [0.2, 0.25) is 11.8 Å². The first-order valence-corrected chi connectivity index (χ1v) is 6.51. The molecule has 1 aromatic carbocycles. The van der Waals surface area contributed by atoms with Gasteiger partial charge in [-0.05, 0) is 29.3 Å². The number of rotatable bonds is 8. The van der Waals surface area contributed by atoms with Crippen LogP contribution < -0.4 is 10.6 Å². The average Bonchev–Trinajstić information content (AvgIpc) is 2.53. The monoisotopic (exact) mass is 317 g/mol. The van der Waals surface area contributed by atoms with Crippen molar-refractivity contribution in [3.8, 4) is 0 Å². The molecule has 0 radical (unpaired) electrons. The molecule has 0 heterocycles. The second-order valence-electron chi connectivity index (χ2n) is 4.44. The number of carbonyl (C=O) groups is 3. The number of nitrogens with zero attached hydrogens (tertiary/aromatic N) is 3. The van der Waals surface area contributed by atoms with E-state index in [4.69, 9.17) is 10.6 Å². The van der Waals surface area contributed by atoms with E-state index in [1.165, 1.54) is 0 Å². The number of benzene rings is 1. The second-order valence-corrected chi connectivity index (χ2v) is 4.44. The molecule has 0 aromatic heterocycles. The Morgan fingerprint density at radius 2 is 2.00 bits per heavy atom. The zero-order valence-corrected chi connectivity index (χ0v) is 12.1. The molecule has 0 aliphatic heterocycles. The molecule has 1 unspecified atom stereocenters. The Morgan fingerprint density at radius 3 is 2.52 bits per heavy atom. The lowest BCUT2D eigenvalue weighted by atomic mass is 10.1. The van der Waals surface area contributed by atoms with E-state index in [2.05, 4.69) is 27.2 Å². The summed E-state index contributed by atoms with van der Waals surface area (Å²) in [5.74, 6) is -2.24. The highest BCUT2D eigenvalue weighted by molar-refractivity contribution is 5.98. The fourth-order valence-corrected chi connectivity index (χ4v) is 1.69. The van der Waals surface area contributed by atoms with Crippen LogP contribution in [-0.4, -0.2) is 35.5 Å². The quantitative estimate of drug-likeness (QED) is 0.286. The summed E-state index contributed by atoms with van der Waals surface area (Å²) in [5, 5.41) is 17.0. The van der Waals surface area contributed by atoms with Crippen molar-refractivity contribution < 1.29 is 19.5 Å². The zero-order valence-electron chi connectivity index (χ0n) is 12.1. The van der Waals surface area contributed by atoms with Crippen LogP contribution in [0.15, 0.2) is 42.0 Å². The minimum atomic E-state index is -1.21. The molecule has 0 saturated heterocycles. The molecule has 0 saturated carbocycles. The van der Waals surface area contributed by atoms with E-state index in [1.807, 2.05) is 0 Å². The number of carbonyl (C=O) groups excluding carboxylic acids is 2. The molecular formula is C14H15N5O4. The van der Waals surface area contributed by atoms with Gasteiger partial charge in [-0.1, -0.05) is 23.8 Å². The van der Waals surface area contributed by atoms with Crippen molar-refractivity contribution in [3.05, 3.63) is 52.9 Å². The molecular weight excluding hydrogens is 302 g/mol. The molecule has 3 N–H and O–H groups in total. The minimum absolute atomic E-state index is 0.0486. The molecule has 9 heteroatoms. The second kappa shape index (κ2) is 8.85. The molecule has 2 amide bonds. The van der Waals surface area contributed by atoms with Crippen LogP contribution in [0.3, 0.4) is 0 Å². The smallest absolute Gasteiger partial charge is 0.326 e. The van der Waals surface area contributed by atoms with E-state index in [-0.39, 0.29) is 12.3 Å². The van der Waals surface area contributed by atoms with Crippen molar-refractivity contribution in [2.75, 3.05) is 11.9 Å². The third-order valence-corrected chi connectivity index (χ3v) is 2.76. The van der Waals surface area contributed by atoms with Crippen LogP contribution in [0.4, 0.5) is 5.69 Å². The fraction of sp³-hybridized carbons (Fsp3) is 0.214. The van der Waals surface area contributed by atoms with Crippen LogP contribution in [0, 0.1) is 0 Å². The van der Waals surface area contributed by atoms with Gasteiger partial charge in [-0.2, -0.15) is 0 Å². The van der Waals surface area contributed by atoms with Gasteiger partial charge in [-0.15, -0.1) is 0 Å². The Bertz CT molecular complexity index is 650. The van der Waals surface area contributed by atoms with E-state index >= 15 is 0 Å². The Hall–Kier alpha value is -3.32. The van der Waals surface area contributed by atoms with E-state index < -0.39 is 24.5 Å². The van der Waals surface area contributed by atoms with Crippen LogP contribution in [0.25, 0.3) is 10.4 Å². The lowest BCUT2D eigenvalue weighted by molar-refractivity contribution is -0.141. The summed E-state index contributed by atoms with van der Waals surface area (Å²) in [7, 11) is 0. The fourth-order valence-electron chi connectivity index (χ4n) is 1.69. The molecule has 0 aliphatic carbocycles. The van der Waals surface area contributed by atoms with Crippen molar-refractivity contribution in [3.63, 3.8) is 0 Å². The molecule has 120 valence electrons. The molecule has 0 spiro atoms. The normalized spacial score (nSPS) is 10.8. The van der Waals surface area contributed by atoms with E-state index in [0.717, 1.165) is 6.08 Å². The third-order valence-electron chi connectivity index (χ3n) is 2.76. The molecule has 1 aromatic rings. The van der Waals surface area contributed by atoms with Gasteiger partial charge < -0.3 is 15.7 Å². The van der Waals surface area contributed by atoms with Gasteiger partial charge in [0, 0.05) is 17.0 Å². The van der Waals surface area contributed by atoms with Crippen LogP contribution in [-0.2, 0) is 20.8 Å². The lowest BCUT2D eigenvalue weighted by Gasteiger charge is -2.14. The van der Waals surface area contributed by atoms with Crippen LogP contribution in [0.2, 0.25) is 0 Å². The zero-order chi connectivity index (χ0) is 17.2. The third kappa shape index (κ3) is 6.32. The highest BCUT2D eigenvalue weighted by atomic mass is 16.4. The first-order chi connectivity index (χ1) is 11.0. The van der Waals surface area contributed by atoms with Gasteiger partial charge in [-0.25, -0.2) is 4.79 Å². The first kappa shape index (κ1) is 17.7. The molecule has 0 fully saturated rings. The van der Waals surface area contributed by atoms with Gasteiger partial charge in [0.15, 0.2) is 0 Å². The number of carboxylic acids is 1. The Balaban J connectivity index is 2.71. The maximum atomic E-state index is 11.4. The van der Waals surface area contributed by atoms with Crippen molar-refractivity contribution in [2.24, 2.45) is 5.11 Å². The van der Waals surface area contributed by atoms with E-state index in [9.17, 15) is 14.4 Å². The summed E-state index contributed by atoms with van der Waals surface area (Å²) >= 11 is 0. The van der Waals surface area contributed by atoms with Crippen LogP contribution in [0.5, 0.6) is 0 Å². The number of hydrogen-bond acceptors (Lipinski definition) is 4. The number of anilines is 1. The molecule has 1 atom stereocenters. The number of hydrogen-bond donors (Lipinski definition) is 3. The largest absolute Gasteiger partial charge is 0.480 e. The SMILES string of the molecule is C=CC(=O)Nc1ccc(CC(NC(=O)CN=[N+]=[N-])C(=O)O)cc1. The van der Waals surface area contributed by atoms with Crippen molar-refractivity contribution in [2.45, 2.75) is 12.5 Å². The molecule has 0 bridgehead atoms. The topological polar surface area (TPSA) is 144 Å². The number of azide groups is 1. The number of nitrogens with one attached hydrogen (secondary N) is 2. The van der Waals surface area contributed by atoms with Gasteiger partial charge in [0.05, 0.1) is 0 Å². The van der Waals surface area contributed by atoms with Crippen LogP contribution >= 0.6 is 0 Å². The molecule has 9 nitrogen and oxygen atoms in total. The number of aliphatic carboxylic acids is 1. The molecule has 1 rings (SSSR count). The predicted octanol–water partition coefficient (Wildman–Crippen LogP) is 1.23. The predicted molar refractivity (Wildman–Crippen MR) is 82.6 cm³/mol. The lowest BCUT2D eigenvalue weighted by Crippen LogP contribution is -2.43. The first-order valence-electron chi connectivity index (χ1n) is 6.51. The van der Waals surface area contributed by atoms with Gasteiger partial charge in [-0.3, -0.25) is 9.59 Å². The molecule has 0 aliphatic rings. The summed E-state index contributed by atoms with van der Waals surface area (Å²) in [6, 6.07) is 5.34. The van der Waals surface area contributed by atoms with Gasteiger partial charge in [0.25, 0.3) is 0 Å². The maximum Gasteiger partial charge on any atom is 0.326 e. The standard InChI is InChI=1S/C14H15N5O4/c1-2-12(20)17-10-5-3-9(4-6-10)7-11(14(22)23)18-13(21)8-16-19-15/h2-6,11H,1,7-8H2,(H,17,20)(H,18,21)(H,22,23). The summed E-state index contributed by atoms with van der Waals surface area (Å²) in [6.07, 6.45) is 1.18. The van der Waals surface area contributed by atoms with Gasteiger partial charge in [0.1, 0.15) is 12.6 Å². The van der Waals surface area contributed by atoms with Gasteiger partial charge >= 0.3 is 5.97 Å². The highest BCUT2D eigenvalue weighted by Gasteiger charge is 2.20. The summed E-state index contributed by atoms with van der Waals surface area (Å²) in [6.45, 7) is 2.87.